The molecule has 1 aliphatic carbocycles. The van der Waals surface area contributed by atoms with Crippen molar-refractivity contribution in [1.29, 1.82) is 0 Å². The maximum atomic E-state index is 9.20. The van der Waals surface area contributed by atoms with E-state index in [1.165, 1.54) is 25.7 Å². The van der Waals surface area contributed by atoms with Gasteiger partial charge in [-0.1, -0.05) is 34.1 Å². The molecule has 0 aromatic rings. The lowest BCUT2D eigenvalue weighted by Crippen LogP contribution is -2.45. The molecule has 0 heterocycles. The first-order valence-electron chi connectivity index (χ1n) is 7.59. The number of nitrogens with one attached hydrogen (secondary N) is 1. The van der Waals surface area contributed by atoms with Gasteiger partial charge in [0.05, 0.1) is 6.61 Å². The highest BCUT2D eigenvalue weighted by Gasteiger charge is 2.34. The molecule has 0 aromatic carbocycles. The molecule has 0 spiro atoms. The summed E-state index contributed by atoms with van der Waals surface area (Å²) in [5.74, 6) is 0. The lowest BCUT2D eigenvalue weighted by Gasteiger charge is -2.36. The van der Waals surface area contributed by atoms with Crippen LogP contribution in [0.3, 0.4) is 0 Å². The van der Waals surface area contributed by atoms with Crippen LogP contribution in [-0.4, -0.2) is 48.3 Å². The highest BCUT2D eigenvalue weighted by molar-refractivity contribution is 4.89. The molecule has 0 aromatic heterocycles. The first kappa shape index (κ1) is 15.9. The maximum Gasteiger partial charge on any atom is 0.0558 e. The summed E-state index contributed by atoms with van der Waals surface area (Å²) < 4.78 is 0. The number of hydrogen-bond acceptors (Lipinski definition) is 3. The van der Waals surface area contributed by atoms with Gasteiger partial charge in [0.25, 0.3) is 0 Å². The smallest absolute Gasteiger partial charge is 0.0558 e. The van der Waals surface area contributed by atoms with E-state index in [0.717, 1.165) is 25.7 Å². The maximum absolute atomic E-state index is 9.20. The van der Waals surface area contributed by atoms with E-state index in [1.54, 1.807) is 0 Å². The van der Waals surface area contributed by atoms with Gasteiger partial charge >= 0.3 is 0 Å². The highest BCUT2D eigenvalue weighted by Crippen LogP contribution is 2.32. The van der Waals surface area contributed by atoms with Crippen LogP contribution in [0.15, 0.2) is 0 Å². The third kappa shape index (κ3) is 5.68. The summed E-state index contributed by atoms with van der Waals surface area (Å²) in [5, 5.41) is 12.8. The van der Waals surface area contributed by atoms with Crippen LogP contribution in [0, 0.1) is 5.41 Å². The van der Waals surface area contributed by atoms with Gasteiger partial charge in [0, 0.05) is 31.7 Å². The molecule has 0 amide bonds. The average Bonchev–Trinajstić information content (AvgIpc) is 3.10. The summed E-state index contributed by atoms with van der Waals surface area (Å²) in [6, 6.07) is 1.29. The molecule has 1 fully saturated rings. The van der Waals surface area contributed by atoms with Gasteiger partial charge < -0.3 is 10.4 Å². The standard InChI is InChI=1S/C15H32N2O/c1-5-8-15(4,11-16-13(2)3)12-17(9-10-18)14-6-7-14/h13-14,16,18H,5-12H2,1-4H3. The third-order valence-corrected chi connectivity index (χ3v) is 3.83. The Morgan fingerprint density at radius 2 is 2.06 bits per heavy atom. The van der Waals surface area contributed by atoms with Crippen molar-refractivity contribution in [3.05, 3.63) is 0 Å². The summed E-state index contributed by atoms with van der Waals surface area (Å²) in [6.07, 6.45) is 5.12. The predicted octanol–water partition coefficient (Wildman–Crippen LogP) is 2.25. The topological polar surface area (TPSA) is 35.5 Å². The molecule has 108 valence electrons. The van der Waals surface area contributed by atoms with Gasteiger partial charge in [-0.15, -0.1) is 0 Å². The quantitative estimate of drug-likeness (QED) is 0.629. The van der Waals surface area contributed by atoms with E-state index in [9.17, 15) is 5.11 Å². The van der Waals surface area contributed by atoms with Gasteiger partial charge in [0.2, 0.25) is 0 Å². The van der Waals surface area contributed by atoms with Gasteiger partial charge in [0.15, 0.2) is 0 Å². The van der Waals surface area contributed by atoms with Crippen molar-refractivity contribution >= 4 is 0 Å². The van der Waals surface area contributed by atoms with Crippen LogP contribution in [0.1, 0.15) is 53.4 Å². The number of nitrogens with zero attached hydrogens (tertiary/aromatic N) is 1. The first-order valence-corrected chi connectivity index (χ1v) is 7.59. The fourth-order valence-corrected chi connectivity index (χ4v) is 2.73. The Morgan fingerprint density at radius 3 is 2.50 bits per heavy atom. The Bertz CT molecular complexity index is 229. The van der Waals surface area contributed by atoms with Gasteiger partial charge in [-0.3, -0.25) is 4.90 Å². The minimum Gasteiger partial charge on any atom is -0.395 e. The number of aliphatic hydroxyl groups is 1. The Kier molecular flexibility index (Phi) is 6.61. The van der Waals surface area contributed by atoms with Crippen LogP contribution in [0.25, 0.3) is 0 Å². The number of rotatable bonds is 10. The second kappa shape index (κ2) is 7.46. The van der Waals surface area contributed by atoms with E-state index in [-0.39, 0.29) is 6.61 Å². The minimum absolute atomic E-state index is 0.288. The zero-order valence-corrected chi connectivity index (χ0v) is 12.7. The molecule has 0 saturated heterocycles. The second-order valence-corrected chi connectivity index (χ2v) is 6.52. The zero-order chi connectivity index (χ0) is 13.6. The highest BCUT2D eigenvalue weighted by atomic mass is 16.3. The van der Waals surface area contributed by atoms with E-state index >= 15 is 0 Å². The fourth-order valence-electron chi connectivity index (χ4n) is 2.73. The van der Waals surface area contributed by atoms with E-state index in [1.807, 2.05) is 0 Å². The van der Waals surface area contributed by atoms with Gasteiger partial charge in [-0.25, -0.2) is 0 Å². The summed E-state index contributed by atoms with van der Waals surface area (Å²) in [7, 11) is 0. The summed E-state index contributed by atoms with van der Waals surface area (Å²) in [5.41, 5.74) is 0.330. The molecule has 1 atom stereocenters. The fraction of sp³-hybridized carbons (Fsp3) is 1.00. The van der Waals surface area contributed by atoms with Crippen LogP contribution < -0.4 is 5.32 Å². The van der Waals surface area contributed by atoms with Crippen molar-refractivity contribution in [3.63, 3.8) is 0 Å². The van der Waals surface area contributed by atoms with Crippen molar-refractivity contribution in [1.82, 2.24) is 10.2 Å². The number of aliphatic hydroxyl groups excluding tert-OH is 1. The zero-order valence-electron chi connectivity index (χ0n) is 12.7. The van der Waals surface area contributed by atoms with Crippen LogP contribution in [-0.2, 0) is 0 Å². The average molecular weight is 256 g/mol. The number of hydrogen-bond donors (Lipinski definition) is 2. The van der Waals surface area contributed by atoms with Gasteiger partial charge in [0.1, 0.15) is 0 Å². The molecule has 0 radical (unpaired) electrons. The van der Waals surface area contributed by atoms with E-state index in [2.05, 4.69) is 37.9 Å². The van der Waals surface area contributed by atoms with Crippen LogP contribution in [0.5, 0.6) is 0 Å². The van der Waals surface area contributed by atoms with Crippen molar-refractivity contribution < 1.29 is 5.11 Å². The molecule has 0 bridgehead atoms. The molecule has 18 heavy (non-hydrogen) atoms. The monoisotopic (exact) mass is 256 g/mol. The molecule has 1 rings (SSSR count). The molecule has 1 aliphatic rings. The minimum atomic E-state index is 0.288. The molecule has 2 N–H and O–H groups in total. The van der Waals surface area contributed by atoms with Crippen molar-refractivity contribution in [2.24, 2.45) is 5.41 Å². The van der Waals surface area contributed by atoms with Gasteiger partial charge in [-0.05, 0) is 24.7 Å². The molecule has 1 unspecified atom stereocenters. The summed E-state index contributed by atoms with van der Waals surface area (Å²) >= 11 is 0. The molecular weight excluding hydrogens is 224 g/mol. The van der Waals surface area contributed by atoms with Crippen LogP contribution in [0.4, 0.5) is 0 Å². The van der Waals surface area contributed by atoms with Crippen molar-refractivity contribution in [2.45, 2.75) is 65.5 Å². The summed E-state index contributed by atoms with van der Waals surface area (Å²) in [6.45, 7) is 12.4. The van der Waals surface area contributed by atoms with Crippen LogP contribution >= 0.6 is 0 Å². The first-order chi connectivity index (χ1) is 8.50. The molecule has 1 saturated carbocycles. The molecule has 0 aliphatic heterocycles. The van der Waals surface area contributed by atoms with E-state index in [4.69, 9.17) is 0 Å². The predicted molar refractivity (Wildman–Crippen MR) is 77.8 cm³/mol. The van der Waals surface area contributed by atoms with Crippen molar-refractivity contribution in [2.75, 3.05) is 26.2 Å². The molecule has 3 heteroatoms. The normalized spacial score (nSPS) is 19.5. The Hall–Kier alpha value is -0.120. The third-order valence-electron chi connectivity index (χ3n) is 3.83. The molecule has 3 nitrogen and oxygen atoms in total. The van der Waals surface area contributed by atoms with Gasteiger partial charge in [-0.2, -0.15) is 0 Å². The van der Waals surface area contributed by atoms with E-state index in [0.29, 0.717) is 11.5 Å². The summed E-state index contributed by atoms with van der Waals surface area (Å²) in [4.78, 5) is 2.50. The van der Waals surface area contributed by atoms with Crippen LogP contribution in [0.2, 0.25) is 0 Å². The SMILES string of the molecule is CCCC(C)(CNC(C)C)CN(CCO)C1CC1. The Balaban J connectivity index is 2.51. The molecular formula is C15H32N2O. The lowest BCUT2D eigenvalue weighted by molar-refractivity contribution is 0.117. The van der Waals surface area contributed by atoms with Crippen molar-refractivity contribution in [3.8, 4) is 0 Å². The largest absolute Gasteiger partial charge is 0.395 e. The lowest BCUT2D eigenvalue weighted by atomic mass is 9.84. The second-order valence-electron chi connectivity index (χ2n) is 6.52. The Labute approximate surface area is 113 Å². The Morgan fingerprint density at radius 1 is 1.39 bits per heavy atom. The van der Waals surface area contributed by atoms with E-state index < -0.39 is 0 Å².